The molecule has 1 rings (SSSR count). The lowest BCUT2D eigenvalue weighted by Gasteiger charge is -2.26. The molecule has 0 aromatic carbocycles. The fraction of sp³-hybridized carbons (Fsp3) is 0.750. The molecule has 0 radical (unpaired) electrons. The van der Waals surface area contributed by atoms with Crippen LogP contribution >= 0.6 is 0 Å². The van der Waals surface area contributed by atoms with Gasteiger partial charge < -0.3 is 10.6 Å². The molecule has 0 aromatic rings. The Morgan fingerprint density at radius 2 is 2.23 bits per heavy atom. The highest BCUT2D eigenvalue weighted by atomic mass is 16.2. The summed E-state index contributed by atoms with van der Waals surface area (Å²) in [6.07, 6.45) is 0. The zero-order valence-electron chi connectivity index (χ0n) is 7.55. The monoisotopic (exact) mass is 182 g/mol. The van der Waals surface area contributed by atoms with Crippen molar-refractivity contribution < 1.29 is 4.79 Å². The van der Waals surface area contributed by atoms with Crippen LogP contribution in [0.4, 0.5) is 0 Å². The van der Waals surface area contributed by atoms with E-state index in [2.05, 4.69) is 15.5 Å². The molecule has 1 fully saturated rings. The van der Waals surface area contributed by atoms with E-state index in [0.717, 1.165) is 26.2 Å². The highest BCUT2D eigenvalue weighted by Crippen LogP contribution is 1.90. The SMILES string of the molecule is N#CCNC(=O)CN1CCNCC1. The Morgan fingerprint density at radius 3 is 2.85 bits per heavy atom. The van der Waals surface area contributed by atoms with Gasteiger partial charge >= 0.3 is 0 Å². The van der Waals surface area contributed by atoms with Crippen LogP contribution in [-0.4, -0.2) is 50.1 Å². The molecule has 0 bridgehead atoms. The number of nitrogens with zero attached hydrogens (tertiary/aromatic N) is 2. The fourth-order valence-electron chi connectivity index (χ4n) is 1.27. The second-order valence-corrected chi connectivity index (χ2v) is 2.96. The van der Waals surface area contributed by atoms with Gasteiger partial charge in [-0.2, -0.15) is 5.26 Å². The summed E-state index contributed by atoms with van der Waals surface area (Å²) >= 11 is 0. The molecule has 0 aliphatic carbocycles. The molecule has 0 unspecified atom stereocenters. The molecule has 0 aromatic heterocycles. The molecule has 0 saturated carbocycles. The molecule has 0 spiro atoms. The zero-order valence-corrected chi connectivity index (χ0v) is 7.55. The minimum absolute atomic E-state index is 0.0662. The standard InChI is InChI=1S/C8H14N4O/c9-1-2-11-8(13)7-12-5-3-10-4-6-12/h10H,2-7H2,(H,11,13). The first-order chi connectivity index (χ1) is 6.33. The van der Waals surface area contributed by atoms with E-state index in [9.17, 15) is 4.79 Å². The minimum atomic E-state index is -0.0662. The second-order valence-electron chi connectivity index (χ2n) is 2.96. The van der Waals surface area contributed by atoms with E-state index in [-0.39, 0.29) is 12.5 Å². The van der Waals surface area contributed by atoms with Crippen molar-refractivity contribution in [2.24, 2.45) is 0 Å². The van der Waals surface area contributed by atoms with Crippen LogP contribution in [-0.2, 0) is 4.79 Å². The van der Waals surface area contributed by atoms with Crippen molar-refractivity contribution in [3.63, 3.8) is 0 Å². The van der Waals surface area contributed by atoms with Crippen molar-refractivity contribution in [1.82, 2.24) is 15.5 Å². The summed E-state index contributed by atoms with van der Waals surface area (Å²) in [5.41, 5.74) is 0. The smallest absolute Gasteiger partial charge is 0.235 e. The Kier molecular flexibility index (Phi) is 4.23. The van der Waals surface area contributed by atoms with E-state index >= 15 is 0 Å². The summed E-state index contributed by atoms with van der Waals surface area (Å²) in [5.74, 6) is -0.0662. The molecular formula is C8H14N4O. The van der Waals surface area contributed by atoms with Crippen molar-refractivity contribution in [2.75, 3.05) is 39.3 Å². The quantitative estimate of drug-likeness (QED) is 0.523. The van der Waals surface area contributed by atoms with Gasteiger partial charge in [0.1, 0.15) is 6.54 Å². The first-order valence-electron chi connectivity index (χ1n) is 4.39. The van der Waals surface area contributed by atoms with Gasteiger partial charge in [0, 0.05) is 26.2 Å². The summed E-state index contributed by atoms with van der Waals surface area (Å²) in [6.45, 7) is 4.19. The number of nitriles is 1. The minimum Gasteiger partial charge on any atom is -0.342 e. The molecule has 2 N–H and O–H groups in total. The van der Waals surface area contributed by atoms with E-state index < -0.39 is 0 Å². The van der Waals surface area contributed by atoms with Crippen LogP contribution in [0.15, 0.2) is 0 Å². The Balaban J connectivity index is 2.15. The lowest BCUT2D eigenvalue weighted by molar-refractivity contribution is -0.122. The number of amides is 1. The number of carbonyl (C=O) groups excluding carboxylic acids is 1. The molecule has 1 saturated heterocycles. The van der Waals surface area contributed by atoms with Crippen molar-refractivity contribution in [3.05, 3.63) is 0 Å². The summed E-state index contributed by atoms with van der Waals surface area (Å²) in [4.78, 5) is 13.2. The van der Waals surface area contributed by atoms with Crippen LogP contribution in [0.3, 0.4) is 0 Å². The van der Waals surface area contributed by atoms with Crippen molar-refractivity contribution >= 4 is 5.91 Å². The van der Waals surface area contributed by atoms with E-state index in [1.165, 1.54) is 0 Å². The number of carbonyl (C=O) groups is 1. The second kappa shape index (κ2) is 5.51. The predicted octanol–water partition coefficient (Wildman–Crippen LogP) is -1.47. The summed E-state index contributed by atoms with van der Waals surface area (Å²) < 4.78 is 0. The molecule has 5 heteroatoms. The molecule has 1 amide bonds. The molecule has 72 valence electrons. The average Bonchev–Trinajstić information content (AvgIpc) is 2.16. The highest BCUT2D eigenvalue weighted by Gasteiger charge is 2.12. The van der Waals surface area contributed by atoms with Gasteiger partial charge in [-0.3, -0.25) is 9.69 Å². The van der Waals surface area contributed by atoms with Crippen LogP contribution in [0.25, 0.3) is 0 Å². The molecule has 1 aliphatic rings. The van der Waals surface area contributed by atoms with E-state index in [1.54, 1.807) is 0 Å². The van der Waals surface area contributed by atoms with E-state index in [1.807, 2.05) is 6.07 Å². The maximum absolute atomic E-state index is 11.1. The Labute approximate surface area is 77.7 Å². The molecule has 1 heterocycles. The van der Waals surface area contributed by atoms with E-state index in [4.69, 9.17) is 5.26 Å². The third-order valence-corrected chi connectivity index (χ3v) is 1.94. The van der Waals surface area contributed by atoms with Crippen molar-refractivity contribution in [1.29, 1.82) is 5.26 Å². The largest absolute Gasteiger partial charge is 0.342 e. The maximum atomic E-state index is 11.1. The lowest BCUT2D eigenvalue weighted by atomic mass is 10.3. The van der Waals surface area contributed by atoms with Gasteiger partial charge in [0.25, 0.3) is 0 Å². The van der Waals surface area contributed by atoms with Crippen LogP contribution in [0.1, 0.15) is 0 Å². The molecule has 0 atom stereocenters. The topological polar surface area (TPSA) is 68.2 Å². The molecule has 5 nitrogen and oxygen atoms in total. The first-order valence-corrected chi connectivity index (χ1v) is 4.39. The van der Waals surface area contributed by atoms with Gasteiger partial charge in [0.2, 0.25) is 5.91 Å². The lowest BCUT2D eigenvalue weighted by Crippen LogP contribution is -2.47. The van der Waals surface area contributed by atoms with Gasteiger partial charge in [-0.1, -0.05) is 0 Å². The van der Waals surface area contributed by atoms with E-state index in [0.29, 0.717) is 6.54 Å². The van der Waals surface area contributed by atoms with Crippen molar-refractivity contribution in [3.8, 4) is 6.07 Å². The molecular weight excluding hydrogens is 168 g/mol. The normalized spacial score (nSPS) is 17.8. The third-order valence-electron chi connectivity index (χ3n) is 1.94. The number of hydrogen-bond acceptors (Lipinski definition) is 4. The van der Waals surface area contributed by atoms with Crippen LogP contribution in [0.5, 0.6) is 0 Å². The first kappa shape index (κ1) is 9.96. The Hall–Kier alpha value is -1.12. The van der Waals surface area contributed by atoms with Crippen LogP contribution in [0.2, 0.25) is 0 Å². The van der Waals surface area contributed by atoms with Crippen LogP contribution < -0.4 is 10.6 Å². The average molecular weight is 182 g/mol. The summed E-state index contributed by atoms with van der Waals surface area (Å²) in [7, 11) is 0. The highest BCUT2D eigenvalue weighted by molar-refractivity contribution is 5.78. The van der Waals surface area contributed by atoms with Crippen molar-refractivity contribution in [2.45, 2.75) is 0 Å². The number of piperazine rings is 1. The zero-order chi connectivity index (χ0) is 9.52. The number of hydrogen-bond donors (Lipinski definition) is 2. The van der Waals surface area contributed by atoms with Gasteiger partial charge in [-0.05, 0) is 0 Å². The van der Waals surface area contributed by atoms with Crippen LogP contribution in [0, 0.1) is 11.3 Å². The van der Waals surface area contributed by atoms with Gasteiger partial charge in [0.15, 0.2) is 0 Å². The molecule has 13 heavy (non-hydrogen) atoms. The fourth-order valence-corrected chi connectivity index (χ4v) is 1.27. The predicted molar refractivity (Wildman–Crippen MR) is 47.9 cm³/mol. The number of nitrogens with one attached hydrogen (secondary N) is 2. The number of rotatable bonds is 3. The van der Waals surface area contributed by atoms with Gasteiger partial charge in [0.05, 0.1) is 12.6 Å². The van der Waals surface area contributed by atoms with Gasteiger partial charge in [-0.15, -0.1) is 0 Å². The summed E-state index contributed by atoms with van der Waals surface area (Å²) in [6, 6.07) is 1.87. The Bertz CT molecular complexity index is 205. The molecule has 1 aliphatic heterocycles. The third kappa shape index (κ3) is 3.87. The summed E-state index contributed by atoms with van der Waals surface area (Å²) in [5, 5.41) is 14.0. The van der Waals surface area contributed by atoms with Gasteiger partial charge in [-0.25, -0.2) is 0 Å². The maximum Gasteiger partial charge on any atom is 0.235 e. The Morgan fingerprint density at radius 1 is 1.54 bits per heavy atom.